The minimum atomic E-state index is 0.0318. The number of nitrogens with one attached hydrogen (secondary N) is 2. The molecule has 0 radical (unpaired) electrons. The van der Waals surface area contributed by atoms with E-state index in [4.69, 9.17) is 0 Å². The monoisotopic (exact) mass is 247 g/mol. The Bertz CT molecular complexity index is 429. The van der Waals surface area contributed by atoms with E-state index in [-0.39, 0.29) is 5.91 Å². The van der Waals surface area contributed by atoms with Gasteiger partial charge in [0.2, 0.25) is 11.9 Å². The van der Waals surface area contributed by atoms with Gasteiger partial charge < -0.3 is 15.5 Å². The zero-order valence-electron chi connectivity index (χ0n) is 10.2. The first-order valence-electron chi connectivity index (χ1n) is 6.37. The lowest BCUT2D eigenvalue weighted by Crippen LogP contribution is -2.48. The summed E-state index contributed by atoms with van der Waals surface area (Å²) in [5.41, 5.74) is 1.09. The van der Waals surface area contributed by atoms with Crippen LogP contribution >= 0.6 is 0 Å². The number of amides is 1. The van der Waals surface area contributed by atoms with Crippen LogP contribution in [0.5, 0.6) is 0 Å². The molecule has 2 heterocycles. The van der Waals surface area contributed by atoms with Crippen molar-refractivity contribution in [3.63, 3.8) is 0 Å². The molecule has 6 heteroatoms. The predicted molar refractivity (Wildman–Crippen MR) is 67.1 cm³/mol. The Labute approximate surface area is 106 Å². The van der Waals surface area contributed by atoms with Crippen molar-refractivity contribution in [3.05, 3.63) is 18.0 Å². The zero-order chi connectivity index (χ0) is 12.4. The van der Waals surface area contributed by atoms with Crippen LogP contribution in [0.25, 0.3) is 0 Å². The van der Waals surface area contributed by atoms with Gasteiger partial charge in [-0.25, -0.2) is 9.97 Å². The summed E-state index contributed by atoms with van der Waals surface area (Å²) >= 11 is 0. The summed E-state index contributed by atoms with van der Waals surface area (Å²) in [7, 11) is 0. The van der Waals surface area contributed by atoms with Crippen molar-refractivity contribution in [2.24, 2.45) is 0 Å². The summed E-state index contributed by atoms with van der Waals surface area (Å²) in [6, 6.07) is 0.690. The fourth-order valence-corrected chi connectivity index (χ4v) is 1.96. The van der Waals surface area contributed by atoms with Crippen LogP contribution in [-0.2, 0) is 11.3 Å². The Morgan fingerprint density at radius 3 is 2.83 bits per heavy atom. The highest BCUT2D eigenvalue weighted by Crippen LogP contribution is 2.19. The molecule has 1 saturated heterocycles. The highest BCUT2D eigenvalue weighted by atomic mass is 16.2. The standard InChI is InChI=1S/C12H17N5O/c18-11-8-17(4-3-13-11)12-15-6-9(7-16-12)5-14-10-1-2-10/h6-7,10,14H,1-5,8H2,(H,13,18). The fourth-order valence-electron chi connectivity index (χ4n) is 1.96. The molecule has 1 amide bonds. The van der Waals surface area contributed by atoms with Crippen molar-refractivity contribution in [1.29, 1.82) is 0 Å². The maximum absolute atomic E-state index is 11.3. The molecule has 2 fully saturated rings. The van der Waals surface area contributed by atoms with E-state index in [1.165, 1.54) is 12.8 Å². The molecule has 1 aliphatic carbocycles. The molecule has 96 valence electrons. The summed E-state index contributed by atoms with van der Waals surface area (Å²) < 4.78 is 0. The van der Waals surface area contributed by atoms with Gasteiger partial charge in [0.05, 0.1) is 6.54 Å². The number of hydrogen-bond donors (Lipinski definition) is 2. The molecule has 1 aliphatic heterocycles. The van der Waals surface area contributed by atoms with E-state index in [9.17, 15) is 4.79 Å². The smallest absolute Gasteiger partial charge is 0.239 e. The predicted octanol–water partition coefficient (Wildman–Crippen LogP) is -0.335. The molecule has 6 nitrogen and oxygen atoms in total. The molecule has 0 unspecified atom stereocenters. The van der Waals surface area contributed by atoms with Gasteiger partial charge in [0.1, 0.15) is 0 Å². The minimum Gasteiger partial charge on any atom is -0.353 e. The first-order chi connectivity index (χ1) is 8.81. The number of piperazine rings is 1. The Morgan fingerprint density at radius 2 is 2.17 bits per heavy atom. The van der Waals surface area contributed by atoms with Gasteiger partial charge in [-0.05, 0) is 12.8 Å². The lowest BCUT2D eigenvalue weighted by atomic mass is 10.3. The average Bonchev–Trinajstić information content (AvgIpc) is 3.21. The van der Waals surface area contributed by atoms with E-state index in [0.29, 0.717) is 25.1 Å². The summed E-state index contributed by atoms with van der Waals surface area (Å²) in [4.78, 5) is 21.8. The van der Waals surface area contributed by atoms with E-state index < -0.39 is 0 Å². The molecule has 1 saturated carbocycles. The third-order valence-electron chi connectivity index (χ3n) is 3.19. The second-order valence-electron chi connectivity index (χ2n) is 4.82. The quantitative estimate of drug-likeness (QED) is 0.762. The number of carbonyl (C=O) groups is 1. The molecular formula is C12H17N5O. The van der Waals surface area contributed by atoms with Crippen LogP contribution in [0.4, 0.5) is 5.95 Å². The van der Waals surface area contributed by atoms with Crippen molar-refractivity contribution in [3.8, 4) is 0 Å². The largest absolute Gasteiger partial charge is 0.353 e. The van der Waals surface area contributed by atoms with Gasteiger partial charge >= 0.3 is 0 Å². The number of nitrogens with zero attached hydrogens (tertiary/aromatic N) is 3. The van der Waals surface area contributed by atoms with Crippen molar-refractivity contribution in [2.45, 2.75) is 25.4 Å². The Balaban J connectivity index is 1.60. The Hall–Kier alpha value is -1.69. The van der Waals surface area contributed by atoms with E-state index in [0.717, 1.165) is 18.7 Å². The van der Waals surface area contributed by atoms with Gasteiger partial charge in [-0.1, -0.05) is 0 Å². The molecule has 2 aliphatic rings. The van der Waals surface area contributed by atoms with Crippen molar-refractivity contribution >= 4 is 11.9 Å². The lowest BCUT2D eigenvalue weighted by molar-refractivity contribution is -0.120. The number of rotatable bonds is 4. The summed E-state index contributed by atoms with van der Waals surface area (Å²) in [5, 5.41) is 6.21. The molecule has 0 atom stereocenters. The molecule has 0 spiro atoms. The number of carbonyl (C=O) groups excluding carboxylic acids is 1. The molecule has 1 aromatic rings. The summed E-state index contributed by atoms with van der Waals surface area (Å²) in [6.45, 7) is 2.60. The SMILES string of the molecule is O=C1CN(c2ncc(CNC3CC3)cn2)CCN1. The average molecular weight is 247 g/mol. The van der Waals surface area contributed by atoms with Crippen LogP contribution in [0.1, 0.15) is 18.4 Å². The molecule has 18 heavy (non-hydrogen) atoms. The Kier molecular flexibility index (Phi) is 3.10. The van der Waals surface area contributed by atoms with Gasteiger partial charge in [-0.15, -0.1) is 0 Å². The van der Waals surface area contributed by atoms with Crippen LogP contribution in [0.15, 0.2) is 12.4 Å². The molecule has 0 aromatic carbocycles. The van der Waals surface area contributed by atoms with E-state index >= 15 is 0 Å². The van der Waals surface area contributed by atoms with E-state index in [2.05, 4.69) is 20.6 Å². The van der Waals surface area contributed by atoms with Crippen LogP contribution in [-0.4, -0.2) is 41.6 Å². The van der Waals surface area contributed by atoms with Gasteiger partial charge in [0, 0.05) is 43.6 Å². The first kappa shape index (κ1) is 11.4. The maximum Gasteiger partial charge on any atom is 0.239 e. The fraction of sp³-hybridized carbons (Fsp3) is 0.583. The first-order valence-corrected chi connectivity index (χ1v) is 6.37. The van der Waals surface area contributed by atoms with Crippen LogP contribution in [0.2, 0.25) is 0 Å². The summed E-state index contributed by atoms with van der Waals surface area (Å²) in [6.07, 6.45) is 6.23. The molecule has 1 aromatic heterocycles. The van der Waals surface area contributed by atoms with Crippen LogP contribution in [0, 0.1) is 0 Å². The second kappa shape index (κ2) is 4.89. The highest BCUT2D eigenvalue weighted by molar-refractivity contribution is 5.81. The van der Waals surface area contributed by atoms with Crippen molar-refractivity contribution in [1.82, 2.24) is 20.6 Å². The third-order valence-corrected chi connectivity index (χ3v) is 3.19. The number of anilines is 1. The number of hydrogen-bond acceptors (Lipinski definition) is 5. The third kappa shape index (κ3) is 2.76. The minimum absolute atomic E-state index is 0.0318. The van der Waals surface area contributed by atoms with Gasteiger partial charge in [-0.2, -0.15) is 0 Å². The van der Waals surface area contributed by atoms with E-state index in [1.54, 1.807) is 0 Å². The topological polar surface area (TPSA) is 70.2 Å². The van der Waals surface area contributed by atoms with Crippen molar-refractivity contribution in [2.75, 3.05) is 24.5 Å². The van der Waals surface area contributed by atoms with Gasteiger partial charge in [0.25, 0.3) is 0 Å². The molecule has 3 rings (SSSR count). The lowest BCUT2D eigenvalue weighted by Gasteiger charge is -2.26. The molecule has 0 bridgehead atoms. The number of aromatic nitrogens is 2. The van der Waals surface area contributed by atoms with E-state index in [1.807, 2.05) is 17.3 Å². The van der Waals surface area contributed by atoms with Crippen LogP contribution < -0.4 is 15.5 Å². The normalized spacial score (nSPS) is 19.8. The highest BCUT2D eigenvalue weighted by Gasteiger charge is 2.20. The van der Waals surface area contributed by atoms with Gasteiger partial charge in [-0.3, -0.25) is 4.79 Å². The molecule has 2 N–H and O–H groups in total. The zero-order valence-corrected chi connectivity index (χ0v) is 10.2. The maximum atomic E-state index is 11.3. The van der Waals surface area contributed by atoms with Crippen LogP contribution in [0.3, 0.4) is 0 Å². The second-order valence-corrected chi connectivity index (χ2v) is 4.82. The molecular weight excluding hydrogens is 230 g/mol. The van der Waals surface area contributed by atoms with Gasteiger partial charge in [0.15, 0.2) is 0 Å². The Morgan fingerprint density at radius 1 is 1.39 bits per heavy atom. The summed E-state index contributed by atoms with van der Waals surface area (Å²) in [5.74, 6) is 0.671. The van der Waals surface area contributed by atoms with Crippen molar-refractivity contribution < 1.29 is 4.79 Å².